The lowest BCUT2D eigenvalue weighted by molar-refractivity contribution is -0.384. The zero-order chi connectivity index (χ0) is 16.7. The molecule has 0 spiro atoms. The lowest BCUT2D eigenvalue weighted by atomic mass is 10.1. The molecule has 0 fully saturated rings. The van der Waals surface area contributed by atoms with Gasteiger partial charge in [-0.1, -0.05) is 11.2 Å². The van der Waals surface area contributed by atoms with Gasteiger partial charge in [0.2, 0.25) is 0 Å². The fraction of sp³-hybridized carbons (Fsp3) is 0.125. The first-order valence-electron chi connectivity index (χ1n) is 6.88. The predicted molar refractivity (Wildman–Crippen MR) is 87.2 cm³/mol. The van der Waals surface area contributed by atoms with E-state index in [1.165, 1.54) is 24.4 Å². The van der Waals surface area contributed by atoms with Crippen molar-refractivity contribution in [1.82, 2.24) is 0 Å². The predicted octanol–water partition coefficient (Wildman–Crippen LogP) is 3.57. The minimum atomic E-state index is -0.494. The number of hydrogen-bond acceptors (Lipinski definition) is 6. The Hall–Kier alpha value is -3.22. The third kappa shape index (κ3) is 4.37. The number of nitro groups is 1. The van der Waals surface area contributed by atoms with Crippen LogP contribution in [0.15, 0.2) is 58.7 Å². The lowest BCUT2D eigenvalue weighted by Gasteiger charge is -2.04. The first kappa shape index (κ1) is 16.2. The summed E-state index contributed by atoms with van der Waals surface area (Å²) in [5.74, 6) is 0.712. The number of nitro benzene ring substituents is 1. The molecule has 2 aromatic carbocycles. The van der Waals surface area contributed by atoms with Gasteiger partial charge in [-0.2, -0.15) is 0 Å². The van der Waals surface area contributed by atoms with E-state index in [2.05, 4.69) is 10.1 Å². The quantitative estimate of drug-likeness (QED) is 0.381. The van der Waals surface area contributed by atoms with Crippen LogP contribution in [0.4, 0.5) is 11.4 Å². The molecule has 0 aliphatic heterocycles. The second-order valence-electron chi connectivity index (χ2n) is 4.48. The summed E-state index contributed by atoms with van der Waals surface area (Å²) < 4.78 is 5.34. The van der Waals surface area contributed by atoms with Crippen LogP contribution in [-0.2, 0) is 0 Å². The summed E-state index contributed by atoms with van der Waals surface area (Å²) in [6, 6.07) is 12.9. The molecule has 0 atom stereocenters. The third-order valence-corrected chi connectivity index (χ3v) is 2.95. The molecule has 0 aliphatic rings. The Morgan fingerprint density at radius 1 is 1.30 bits per heavy atom. The maximum Gasteiger partial charge on any atom is 0.271 e. The van der Waals surface area contributed by atoms with Crippen molar-refractivity contribution in [3.63, 3.8) is 0 Å². The molecule has 0 saturated carbocycles. The van der Waals surface area contributed by atoms with Crippen molar-refractivity contribution in [2.24, 2.45) is 10.1 Å². The topological polar surface area (TPSA) is 97.3 Å². The van der Waals surface area contributed by atoms with Crippen molar-refractivity contribution in [1.29, 1.82) is 0 Å². The van der Waals surface area contributed by atoms with E-state index in [0.717, 1.165) is 0 Å². The highest BCUT2D eigenvalue weighted by atomic mass is 16.6. The molecule has 0 saturated heterocycles. The summed E-state index contributed by atoms with van der Waals surface area (Å²) in [5, 5.41) is 23.1. The standard InChI is InChI=1S/C16H15N3O4/c1-2-23-15-8-6-12(7-9-15)16(18-20)11-17-13-4-3-5-14(10-13)19(21)22/h3-11,20H,2H2,1H3. The molecule has 0 aromatic heterocycles. The minimum Gasteiger partial charge on any atom is -0.494 e. The Morgan fingerprint density at radius 2 is 2.04 bits per heavy atom. The van der Waals surface area contributed by atoms with Gasteiger partial charge in [-0.15, -0.1) is 0 Å². The number of benzene rings is 2. The zero-order valence-corrected chi connectivity index (χ0v) is 12.4. The van der Waals surface area contributed by atoms with Crippen LogP contribution in [-0.4, -0.2) is 28.7 Å². The van der Waals surface area contributed by atoms with Crippen LogP contribution in [0.1, 0.15) is 12.5 Å². The summed E-state index contributed by atoms with van der Waals surface area (Å²) >= 11 is 0. The van der Waals surface area contributed by atoms with Gasteiger partial charge in [0.1, 0.15) is 11.5 Å². The highest BCUT2D eigenvalue weighted by molar-refractivity contribution is 6.38. The number of hydrogen-bond donors (Lipinski definition) is 1. The van der Waals surface area contributed by atoms with E-state index >= 15 is 0 Å². The summed E-state index contributed by atoms with van der Waals surface area (Å²) in [5.41, 5.74) is 1.22. The molecule has 0 radical (unpaired) electrons. The SMILES string of the molecule is CCOc1ccc(C(C=Nc2cccc([N+](=O)[O-])c2)=NO)cc1. The molecule has 0 aliphatic carbocycles. The van der Waals surface area contributed by atoms with E-state index in [9.17, 15) is 10.1 Å². The van der Waals surface area contributed by atoms with Crippen molar-refractivity contribution >= 4 is 23.3 Å². The van der Waals surface area contributed by atoms with Gasteiger partial charge < -0.3 is 9.94 Å². The zero-order valence-electron chi connectivity index (χ0n) is 12.4. The fourth-order valence-corrected chi connectivity index (χ4v) is 1.87. The van der Waals surface area contributed by atoms with Crippen LogP contribution < -0.4 is 4.74 Å². The molecule has 1 N–H and O–H groups in total. The number of aliphatic imine (C=N–C) groups is 1. The molecule has 0 heterocycles. The lowest BCUT2D eigenvalue weighted by Crippen LogP contribution is -2.02. The van der Waals surface area contributed by atoms with E-state index < -0.39 is 4.92 Å². The smallest absolute Gasteiger partial charge is 0.271 e. The molecule has 118 valence electrons. The fourth-order valence-electron chi connectivity index (χ4n) is 1.87. The van der Waals surface area contributed by atoms with Crippen molar-refractivity contribution in [3.05, 3.63) is 64.2 Å². The van der Waals surface area contributed by atoms with Crippen molar-refractivity contribution < 1.29 is 14.9 Å². The van der Waals surface area contributed by atoms with E-state index in [-0.39, 0.29) is 11.4 Å². The van der Waals surface area contributed by atoms with Gasteiger partial charge in [-0.25, -0.2) is 0 Å². The van der Waals surface area contributed by atoms with E-state index in [4.69, 9.17) is 9.94 Å². The first-order chi connectivity index (χ1) is 11.1. The van der Waals surface area contributed by atoms with Gasteiger partial charge in [0, 0.05) is 17.7 Å². The molecule has 0 amide bonds. The summed E-state index contributed by atoms with van der Waals surface area (Å²) in [4.78, 5) is 14.3. The molecule has 2 rings (SSSR count). The van der Waals surface area contributed by atoms with Gasteiger partial charge >= 0.3 is 0 Å². The number of rotatable bonds is 6. The van der Waals surface area contributed by atoms with Crippen LogP contribution in [0.2, 0.25) is 0 Å². The molecule has 0 bridgehead atoms. The van der Waals surface area contributed by atoms with E-state index in [0.29, 0.717) is 23.6 Å². The molecule has 2 aromatic rings. The largest absolute Gasteiger partial charge is 0.494 e. The Morgan fingerprint density at radius 3 is 2.65 bits per heavy atom. The molecule has 7 nitrogen and oxygen atoms in total. The highest BCUT2D eigenvalue weighted by Gasteiger charge is 2.06. The summed E-state index contributed by atoms with van der Waals surface area (Å²) in [7, 11) is 0. The normalized spacial score (nSPS) is 11.6. The second kappa shape index (κ2) is 7.69. The van der Waals surface area contributed by atoms with Gasteiger partial charge in [-0.3, -0.25) is 15.1 Å². The number of nitrogens with zero attached hydrogens (tertiary/aromatic N) is 3. The Labute approximate surface area is 132 Å². The minimum absolute atomic E-state index is 0.0526. The Kier molecular flexibility index (Phi) is 5.40. The van der Waals surface area contributed by atoms with Gasteiger partial charge in [0.25, 0.3) is 5.69 Å². The molecular formula is C16H15N3O4. The third-order valence-electron chi connectivity index (χ3n) is 2.95. The Balaban J connectivity index is 2.19. The Bertz CT molecular complexity index is 739. The molecule has 23 heavy (non-hydrogen) atoms. The summed E-state index contributed by atoms with van der Waals surface area (Å²) in [6.07, 6.45) is 1.34. The number of non-ortho nitro benzene ring substituents is 1. The average Bonchev–Trinajstić information content (AvgIpc) is 2.57. The average molecular weight is 313 g/mol. The highest BCUT2D eigenvalue weighted by Crippen LogP contribution is 2.19. The molecule has 7 heteroatoms. The van der Waals surface area contributed by atoms with Crippen LogP contribution in [0.3, 0.4) is 0 Å². The number of ether oxygens (including phenoxy) is 1. The van der Waals surface area contributed by atoms with Crippen LogP contribution in [0, 0.1) is 10.1 Å². The van der Waals surface area contributed by atoms with Crippen molar-refractivity contribution in [2.75, 3.05) is 6.61 Å². The van der Waals surface area contributed by atoms with E-state index in [1.807, 2.05) is 6.92 Å². The van der Waals surface area contributed by atoms with Gasteiger partial charge in [-0.05, 0) is 37.3 Å². The monoisotopic (exact) mass is 313 g/mol. The summed E-state index contributed by atoms with van der Waals surface area (Å²) in [6.45, 7) is 2.45. The van der Waals surface area contributed by atoms with Gasteiger partial charge in [0.15, 0.2) is 0 Å². The van der Waals surface area contributed by atoms with E-state index in [1.54, 1.807) is 30.3 Å². The molecular weight excluding hydrogens is 298 g/mol. The number of oxime groups is 1. The maximum atomic E-state index is 10.7. The van der Waals surface area contributed by atoms with Crippen molar-refractivity contribution in [3.8, 4) is 5.75 Å². The van der Waals surface area contributed by atoms with Crippen molar-refractivity contribution in [2.45, 2.75) is 6.92 Å². The first-order valence-corrected chi connectivity index (χ1v) is 6.88. The maximum absolute atomic E-state index is 10.7. The van der Waals surface area contributed by atoms with Crippen LogP contribution in [0.25, 0.3) is 0 Å². The van der Waals surface area contributed by atoms with Crippen LogP contribution >= 0.6 is 0 Å². The molecule has 0 unspecified atom stereocenters. The van der Waals surface area contributed by atoms with Crippen LogP contribution in [0.5, 0.6) is 5.75 Å². The van der Waals surface area contributed by atoms with Gasteiger partial charge in [0.05, 0.1) is 23.4 Å². The second-order valence-corrected chi connectivity index (χ2v) is 4.48.